The van der Waals surface area contributed by atoms with E-state index < -0.39 is 0 Å². The molecule has 0 fully saturated rings. The molecular weight excluding hydrogens is 444 g/mol. The molecule has 37 heavy (non-hydrogen) atoms. The van der Waals surface area contributed by atoms with Crippen LogP contribution in [0.5, 0.6) is 0 Å². The number of hydrogen-bond acceptors (Lipinski definition) is 0. The Hall–Kier alpha value is -4.42. The summed E-state index contributed by atoms with van der Waals surface area (Å²) in [7, 11) is 0. The molecule has 0 unspecified atom stereocenters. The van der Waals surface area contributed by atoms with E-state index in [1.54, 1.807) is 0 Å². The first-order chi connectivity index (χ1) is 18.2. The van der Waals surface area contributed by atoms with E-state index in [1.807, 2.05) is 0 Å². The van der Waals surface area contributed by atoms with Crippen LogP contribution < -0.4 is 0 Å². The van der Waals surface area contributed by atoms with Crippen LogP contribution in [0.15, 0.2) is 133 Å². The number of rotatable bonds is 3. The van der Waals surface area contributed by atoms with Gasteiger partial charge in [0.2, 0.25) is 0 Å². The fourth-order valence-corrected chi connectivity index (χ4v) is 6.41. The molecule has 176 valence electrons. The summed E-state index contributed by atoms with van der Waals surface area (Å²) in [5.74, 6) is 0. The molecule has 0 radical (unpaired) electrons. The van der Waals surface area contributed by atoms with E-state index in [2.05, 4.69) is 147 Å². The van der Waals surface area contributed by atoms with E-state index >= 15 is 0 Å². The molecule has 0 heteroatoms. The Morgan fingerprint density at radius 2 is 0.919 bits per heavy atom. The van der Waals surface area contributed by atoms with Crippen LogP contribution in [0.1, 0.15) is 33.4 Å². The Morgan fingerprint density at radius 3 is 1.65 bits per heavy atom. The third-order valence-electron chi connectivity index (χ3n) is 8.12. The van der Waals surface area contributed by atoms with Gasteiger partial charge in [-0.05, 0) is 69.1 Å². The molecule has 0 nitrogen and oxygen atoms in total. The SMILES string of the molecule is Cc1ccc(C2(c3ccc(C)cc3)c3ccccc3-c3c(-c4cccc5ccccc45)cccc32)cc1. The summed E-state index contributed by atoms with van der Waals surface area (Å²) in [6, 6.07) is 49.6. The quantitative estimate of drug-likeness (QED) is 0.240. The van der Waals surface area contributed by atoms with Gasteiger partial charge in [0, 0.05) is 0 Å². The van der Waals surface area contributed by atoms with Gasteiger partial charge in [0.05, 0.1) is 5.41 Å². The molecule has 7 rings (SSSR count). The van der Waals surface area contributed by atoms with Crippen molar-refractivity contribution in [1.29, 1.82) is 0 Å². The van der Waals surface area contributed by atoms with Crippen LogP contribution in [0.3, 0.4) is 0 Å². The maximum atomic E-state index is 2.35. The van der Waals surface area contributed by atoms with Crippen LogP contribution >= 0.6 is 0 Å². The molecule has 1 aliphatic rings. The summed E-state index contributed by atoms with van der Waals surface area (Å²) in [6.45, 7) is 4.33. The molecule has 0 N–H and O–H groups in total. The summed E-state index contributed by atoms with van der Waals surface area (Å²) >= 11 is 0. The van der Waals surface area contributed by atoms with Crippen molar-refractivity contribution in [2.75, 3.05) is 0 Å². The standard InChI is InChI=1S/C37H28/c1-25-17-21-28(22-18-25)37(29-23-19-26(2)20-24-29)34-15-6-5-12-33(34)36-32(14-8-16-35(36)37)31-13-7-10-27-9-3-4-11-30(27)31/h3-24H,1-2H3. The summed E-state index contributed by atoms with van der Waals surface area (Å²) < 4.78 is 0. The highest BCUT2D eigenvalue weighted by atomic mass is 14.5. The van der Waals surface area contributed by atoms with Crippen molar-refractivity contribution < 1.29 is 0 Å². The predicted octanol–water partition coefficient (Wildman–Crippen LogP) is 9.49. The third kappa shape index (κ3) is 3.16. The van der Waals surface area contributed by atoms with Gasteiger partial charge in [0.25, 0.3) is 0 Å². The average Bonchev–Trinajstić information content (AvgIpc) is 3.25. The molecule has 0 aromatic heterocycles. The van der Waals surface area contributed by atoms with Crippen molar-refractivity contribution in [2.24, 2.45) is 0 Å². The van der Waals surface area contributed by atoms with Gasteiger partial charge in [-0.2, -0.15) is 0 Å². The molecule has 6 aromatic rings. The average molecular weight is 473 g/mol. The van der Waals surface area contributed by atoms with E-state index in [-0.39, 0.29) is 5.41 Å². The molecule has 6 aromatic carbocycles. The Morgan fingerprint density at radius 1 is 0.405 bits per heavy atom. The number of benzene rings is 6. The normalized spacial score (nSPS) is 13.4. The Bertz CT molecular complexity index is 1720. The van der Waals surface area contributed by atoms with Gasteiger partial charge in [0.1, 0.15) is 0 Å². The largest absolute Gasteiger partial charge is 0.0713 e. The zero-order valence-corrected chi connectivity index (χ0v) is 21.2. The maximum absolute atomic E-state index is 2.35. The van der Waals surface area contributed by atoms with Crippen LogP contribution in [0.2, 0.25) is 0 Å². The lowest BCUT2D eigenvalue weighted by Gasteiger charge is -2.34. The fourth-order valence-electron chi connectivity index (χ4n) is 6.41. The lowest BCUT2D eigenvalue weighted by Crippen LogP contribution is -2.28. The second-order valence-electron chi connectivity index (χ2n) is 10.3. The van der Waals surface area contributed by atoms with Gasteiger partial charge in [-0.25, -0.2) is 0 Å². The van der Waals surface area contributed by atoms with Crippen LogP contribution in [0.4, 0.5) is 0 Å². The van der Waals surface area contributed by atoms with Crippen molar-refractivity contribution in [3.63, 3.8) is 0 Å². The molecule has 0 aliphatic heterocycles. The van der Waals surface area contributed by atoms with Gasteiger partial charge in [-0.1, -0.05) is 145 Å². The van der Waals surface area contributed by atoms with Gasteiger partial charge in [0.15, 0.2) is 0 Å². The zero-order chi connectivity index (χ0) is 25.0. The van der Waals surface area contributed by atoms with Crippen molar-refractivity contribution in [2.45, 2.75) is 19.3 Å². The first-order valence-electron chi connectivity index (χ1n) is 13.0. The van der Waals surface area contributed by atoms with Crippen LogP contribution in [-0.2, 0) is 5.41 Å². The zero-order valence-electron chi connectivity index (χ0n) is 21.2. The molecule has 0 bridgehead atoms. The summed E-state index contributed by atoms with van der Waals surface area (Å²) in [5.41, 5.74) is 12.7. The molecule has 1 aliphatic carbocycles. The molecule has 0 heterocycles. The van der Waals surface area contributed by atoms with Crippen LogP contribution in [0, 0.1) is 13.8 Å². The Balaban J connectivity index is 1.63. The first kappa shape index (κ1) is 21.8. The first-order valence-corrected chi connectivity index (χ1v) is 13.0. The van der Waals surface area contributed by atoms with E-state index in [4.69, 9.17) is 0 Å². The van der Waals surface area contributed by atoms with E-state index in [0.717, 1.165) is 0 Å². The maximum Gasteiger partial charge on any atom is 0.0713 e. The highest BCUT2D eigenvalue weighted by molar-refractivity contribution is 6.03. The number of aryl methyl sites for hydroxylation is 2. The third-order valence-corrected chi connectivity index (χ3v) is 8.12. The van der Waals surface area contributed by atoms with Gasteiger partial charge >= 0.3 is 0 Å². The highest BCUT2D eigenvalue weighted by Crippen LogP contribution is 2.58. The molecule has 0 amide bonds. The summed E-state index contributed by atoms with van der Waals surface area (Å²) in [5, 5.41) is 2.56. The Labute approximate surface area is 218 Å². The minimum absolute atomic E-state index is 0.381. The summed E-state index contributed by atoms with van der Waals surface area (Å²) in [6.07, 6.45) is 0. The lowest BCUT2D eigenvalue weighted by atomic mass is 9.67. The topological polar surface area (TPSA) is 0 Å². The van der Waals surface area contributed by atoms with Gasteiger partial charge in [-0.15, -0.1) is 0 Å². The number of hydrogen-bond donors (Lipinski definition) is 0. The summed E-state index contributed by atoms with van der Waals surface area (Å²) in [4.78, 5) is 0. The Kier molecular flexibility index (Phi) is 4.91. The molecular formula is C37H28. The van der Waals surface area contributed by atoms with Gasteiger partial charge in [-0.3, -0.25) is 0 Å². The minimum Gasteiger partial charge on any atom is -0.0619 e. The van der Waals surface area contributed by atoms with Crippen molar-refractivity contribution in [1.82, 2.24) is 0 Å². The van der Waals surface area contributed by atoms with E-state index in [0.29, 0.717) is 0 Å². The lowest BCUT2D eigenvalue weighted by molar-refractivity contribution is 0.767. The smallest absolute Gasteiger partial charge is 0.0619 e. The van der Waals surface area contributed by atoms with E-state index in [1.165, 1.54) is 66.4 Å². The minimum atomic E-state index is -0.381. The molecule has 0 atom stereocenters. The monoisotopic (exact) mass is 472 g/mol. The molecule has 0 spiro atoms. The molecule has 0 saturated carbocycles. The van der Waals surface area contributed by atoms with Crippen molar-refractivity contribution in [3.05, 3.63) is 167 Å². The fraction of sp³-hybridized carbons (Fsp3) is 0.0811. The predicted molar refractivity (Wildman–Crippen MR) is 156 cm³/mol. The van der Waals surface area contributed by atoms with Crippen LogP contribution in [0.25, 0.3) is 33.0 Å². The van der Waals surface area contributed by atoms with Crippen LogP contribution in [-0.4, -0.2) is 0 Å². The van der Waals surface area contributed by atoms with E-state index in [9.17, 15) is 0 Å². The highest BCUT2D eigenvalue weighted by Gasteiger charge is 2.46. The van der Waals surface area contributed by atoms with Crippen molar-refractivity contribution in [3.8, 4) is 22.3 Å². The second-order valence-corrected chi connectivity index (χ2v) is 10.3. The second kappa shape index (κ2) is 8.32. The molecule has 0 saturated heterocycles. The number of fused-ring (bicyclic) bond motifs is 4. The van der Waals surface area contributed by atoms with Crippen molar-refractivity contribution >= 4 is 10.8 Å². The van der Waals surface area contributed by atoms with Gasteiger partial charge < -0.3 is 0 Å².